The molecule has 0 aliphatic carbocycles. The molecule has 30 heavy (non-hydrogen) atoms. The number of nitrogens with zero attached hydrogens (tertiary/aromatic N) is 2. The van der Waals surface area contributed by atoms with Gasteiger partial charge in [-0.25, -0.2) is 0 Å². The first-order valence-corrected chi connectivity index (χ1v) is 11.5. The van der Waals surface area contributed by atoms with Crippen LogP contribution in [0.15, 0.2) is 29.3 Å². The SMILES string of the molecule is CCNC(=NCC1CCCOC1c1ccc(C)cc1)N1CCC(C(=O)OCC)CC1. The van der Waals surface area contributed by atoms with E-state index in [1.807, 2.05) is 6.92 Å². The highest BCUT2D eigenvalue weighted by atomic mass is 16.5. The van der Waals surface area contributed by atoms with Crippen molar-refractivity contribution in [2.45, 2.75) is 52.6 Å². The van der Waals surface area contributed by atoms with Crippen LogP contribution in [-0.4, -0.2) is 56.2 Å². The van der Waals surface area contributed by atoms with E-state index in [4.69, 9.17) is 14.5 Å². The highest BCUT2D eigenvalue weighted by molar-refractivity contribution is 5.80. The van der Waals surface area contributed by atoms with Crippen LogP contribution >= 0.6 is 0 Å². The number of rotatable bonds is 6. The van der Waals surface area contributed by atoms with Gasteiger partial charge in [0.1, 0.15) is 0 Å². The van der Waals surface area contributed by atoms with Crippen LogP contribution in [0.3, 0.4) is 0 Å². The third-order valence-electron chi connectivity index (χ3n) is 6.08. The van der Waals surface area contributed by atoms with Crippen molar-refractivity contribution < 1.29 is 14.3 Å². The van der Waals surface area contributed by atoms with E-state index in [1.54, 1.807) is 0 Å². The number of aryl methyl sites for hydroxylation is 1. The molecule has 2 fully saturated rings. The molecule has 0 radical (unpaired) electrons. The standard InChI is InChI=1S/C24H37N3O3/c1-4-25-24(27-14-12-20(13-15-27)23(28)29-5-2)26-17-21-7-6-16-30-22(21)19-10-8-18(3)9-11-19/h8-11,20-22H,4-7,12-17H2,1-3H3,(H,25,26). The molecule has 0 saturated carbocycles. The number of aliphatic imine (C=N–C) groups is 1. The van der Waals surface area contributed by atoms with Crippen LogP contribution in [0.5, 0.6) is 0 Å². The van der Waals surface area contributed by atoms with E-state index in [1.165, 1.54) is 11.1 Å². The van der Waals surface area contributed by atoms with Crippen LogP contribution in [0.2, 0.25) is 0 Å². The molecule has 2 aliphatic rings. The Morgan fingerprint density at radius 2 is 1.93 bits per heavy atom. The van der Waals surface area contributed by atoms with Crippen molar-refractivity contribution in [3.05, 3.63) is 35.4 Å². The first-order chi connectivity index (χ1) is 14.6. The second kappa shape index (κ2) is 11.3. The predicted octanol–water partition coefficient (Wildman–Crippen LogP) is 3.70. The Bertz CT molecular complexity index is 696. The number of guanidine groups is 1. The van der Waals surface area contributed by atoms with Gasteiger partial charge in [-0.3, -0.25) is 9.79 Å². The van der Waals surface area contributed by atoms with Gasteiger partial charge in [0.2, 0.25) is 0 Å². The van der Waals surface area contributed by atoms with Gasteiger partial charge in [0.05, 0.1) is 18.6 Å². The Balaban J connectivity index is 1.63. The quantitative estimate of drug-likeness (QED) is 0.436. The summed E-state index contributed by atoms with van der Waals surface area (Å²) in [7, 11) is 0. The molecule has 2 heterocycles. The van der Waals surface area contributed by atoms with E-state index < -0.39 is 0 Å². The Morgan fingerprint density at radius 3 is 2.60 bits per heavy atom. The summed E-state index contributed by atoms with van der Waals surface area (Å²) < 4.78 is 11.4. The number of benzene rings is 1. The van der Waals surface area contributed by atoms with Gasteiger partial charge >= 0.3 is 5.97 Å². The number of ether oxygens (including phenoxy) is 2. The lowest BCUT2D eigenvalue weighted by Crippen LogP contribution is -2.47. The topological polar surface area (TPSA) is 63.2 Å². The third kappa shape index (κ3) is 5.97. The maximum atomic E-state index is 12.0. The third-order valence-corrected chi connectivity index (χ3v) is 6.08. The fourth-order valence-corrected chi connectivity index (χ4v) is 4.37. The highest BCUT2D eigenvalue weighted by Crippen LogP contribution is 2.34. The van der Waals surface area contributed by atoms with Gasteiger partial charge in [0, 0.05) is 38.7 Å². The van der Waals surface area contributed by atoms with E-state index in [-0.39, 0.29) is 18.0 Å². The summed E-state index contributed by atoms with van der Waals surface area (Å²) in [4.78, 5) is 19.3. The molecule has 1 aromatic rings. The second-order valence-electron chi connectivity index (χ2n) is 8.31. The molecule has 0 amide bonds. The van der Waals surface area contributed by atoms with Gasteiger partial charge in [0.25, 0.3) is 0 Å². The Labute approximate surface area is 181 Å². The number of hydrogen-bond acceptors (Lipinski definition) is 4. The zero-order valence-corrected chi connectivity index (χ0v) is 18.7. The molecule has 0 bridgehead atoms. The van der Waals surface area contributed by atoms with Crippen LogP contribution in [-0.2, 0) is 14.3 Å². The van der Waals surface area contributed by atoms with E-state index >= 15 is 0 Å². The van der Waals surface area contributed by atoms with E-state index in [2.05, 4.69) is 48.3 Å². The smallest absolute Gasteiger partial charge is 0.309 e. The average molecular weight is 416 g/mol. The average Bonchev–Trinajstić information content (AvgIpc) is 2.78. The molecule has 2 aliphatic heterocycles. The summed E-state index contributed by atoms with van der Waals surface area (Å²) in [6.45, 7) is 10.6. The van der Waals surface area contributed by atoms with E-state index in [0.717, 1.165) is 64.4 Å². The van der Waals surface area contributed by atoms with Gasteiger partial charge in [-0.1, -0.05) is 29.8 Å². The van der Waals surface area contributed by atoms with Crippen LogP contribution in [0.25, 0.3) is 0 Å². The summed E-state index contributed by atoms with van der Waals surface area (Å²) >= 11 is 0. The van der Waals surface area contributed by atoms with Gasteiger partial charge in [-0.2, -0.15) is 0 Å². The molecule has 0 spiro atoms. The molecule has 166 valence electrons. The van der Waals surface area contributed by atoms with Gasteiger partial charge < -0.3 is 19.7 Å². The number of esters is 1. The summed E-state index contributed by atoms with van der Waals surface area (Å²) in [6, 6.07) is 8.69. The van der Waals surface area contributed by atoms with Crippen molar-refractivity contribution in [2.75, 3.05) is 39.4 Å². The highest BCUT2D eigenvalue weighted by Gasteiger charge is 2.29. The van der Waals surface area contributed by atoms with Crippen molar-refractivity contribution in [2.24, 2.45) is 16.8 Å². The molecule has 2 atom stereocenters. The van der Waals surface area contributed by atoms with Crippen LogP contribution in [0, 0.1) is 18.8 Å². The summed E-state index contributed by atoms with van der Waals surface area (Å²) in [5, 5.41) is 3.44. The first kappa shape index (κ1) is 22.6. The molecule has 2 saturated heterocycles. The number of carbonyl (C=O) groups excluding carboxylic acids is 1. The summed E-state index contributed by atoms with van der Waals surface area (Å²) in [5.41, 5.74) is 2.52. The van der Waals surface area contributed by atoms with E-state index in [9.17, 15) is 4.79 Å². The molecule has 1 aromatic carbocycles. The normalized spacial score (nSPS) is 23.3. The zero-order chi connectivity index (χ0) is 21.3. The Hall–Kier alpha value is -2.08. The number of hydrogen-bond donors (Lipinski definition) is 1. The van der Waals surface area contributed by atoms with Crippen molar-refractivity contribution in [3.8, 4) is 0 Å². The fraction of sp³-hybridized carbons (Fsp3) is 0.667. The molecule has 1 N–H and O–H groups in total. The van der Waals surface area contributed by atoms with Crippen LogP contribution in [0.4, 0.5) is 0 Å². The fourth-order valence-electron chi connectivity index (χ4n) is 4.37. The monoisotopic (exact) mass is 415 g/mol. The second-order valence-corrected chi connectivity index (χ2v) is 8.31. The molecular formula is C24H37N3O3. The minimum Gasteiger partial charge on any atom is -0.466 e. The largest absolute Gasteiger partial charge is 0.466 e. The van der Waals surface area contributed by atoms with Crippen molar-refractivity contribution in [1.82, 2.24) is 10.2 Å². The maximum absolute atomic E-state index is 12.0. The van der Waals surface area contributed by atoms with Crippen LogP contribution < -0.4 is 5.32 Å². The Kier molecular flexibility index (Phi) is 8.55. The molecule has 6 heteroatoms. The minimum atomic E-state index is -0.0561. The Morgan fingerprint density at radius 1 is 1.20 bits per heavy atom. The predicted molar refractivity (Wildman–Crippen MR) is 120 cm³/mol. The van der Waals surface area contributed by atoms with Gasteiger partial charge in [-0.05, 0) is 52.0 Å². The zero-order valence-electron chi connectivity index (χ0n) is 18.7. The van der Waals surface area contributed by atoms with Crippen molar-refractivity contribution >= 4 is 11.9 Å². The lowest BCUT2D eigenvalue weighted by molar-refractivity contribution is -0.149. The lowest BCUT2D eigenvalue weighted by Gasteiger charge is -2.34. The molecule has 3 rings (SSSR count). The first-order valence-electron chi connectivity index (χ1n) is 11.5. The molecule has 0 aromatic heterocycles. The molecular weight excluding hydrogens is 378 g/mol. The number of piperidine rings is 1. The van der Waals surface area contributed by atoms with Crippen molar-refractivity contribution in [3.63, 3.8) is 0 Å². The summed E-state index contributed by atoms with van der Waals surface area (Å²) in [6.07, 6.45) is 3.97. The van der Waals surface area contributed by atoms with Gasteiger partial charge in [0.15, 0.2) is 5.96 Å². The van der Waals surface area contributed by atoms with Gasteiger partial charge in [-0.15, -0.1) is 0 Å². The number of nitrogens with one attached hydrogen (secondary N) is 1. The maximum Gasteiger partial charge on any atom is 0.309 e. The molecule has 6 nitrogen and oxygen atoms in total. The van der Waals surface area contributed by atoms with Crippen LogP contribution in [0.1, 0.15) is 56.8 Å². The summed E-state index contributed by atoms with van der Waals surface area (Å²) in [5.74, 6) is 1.29. The number of carbonyl (C=O) groups is 1. The van der Waals surface area contributed by atoms with Crippen molar-refractivity contribution in [1.29, 1.82) is 0 Å². The van der Waals surface area contributed by atoms with E-state index in [0.29, 0.717) is 12.5 Å². The molecule has 2 unspecified atom stereocenters. The minimum absolute atomic E-state index is 0.0155. The lowest BCUT2D eigenvalue weighted by atomic mass is 9.89. The number of likely N-dealkylation sites (tertiary alicyclic amines) is 1.